The Morgan fingerprint density at radius 2 is 1.77 bits per heavy atom. The summed E-state index contributed by atoms with van der Waals surface area (Å²) < 4.78 is 16.4. The average molecular weight is 417 g/mol. The van der Waals surface area contributed by atoms with Crippen LogP contribution in [0.25, 0.3) is 0 Å². The van der Waals surface area contributed by atoms with Crippen LogP contribution in [0, 0.1) is 6.92 Å². The third kappa shape index (κ3) is 4.19. The number of rotatable bonds is 5. The van der Waals surface area contributed by atoms with Gasteiger partial charge in [-0.25, -0.2) is 4.79 Å². The van der Waals surface area contributed by atoms with Crippen LogP contribution in [-0.2, 0) is 16.1 Å². The summed E-state index contributed by atoms with van der Waals surface area (Å²) in [4.78, 5) is 12.5. The van der Waals surface area contributed by atoms with Crippen LogP contribution in [0.4, 0.5) is 0 Å². The predicted octanol–water partition coefficient (Wildman–Crippen LogP) is 4.15. The van der Waals surface area contributed by atoms with Crippen LogP contribution in [-0.4, -0.2) is 18.2 Å². The third-order valence-corrected chi connectivity index (χ3v) is 5.23. The minimum atomic E-state index is -0.569. The molecule has 0 radical (unpaired) electrons. The van der Waals surface area contributed by atoms with Crippen molar-refractivity contribution in [3.8, 4) is 17.2 Å². The third-order valence-electron chi connectivity index (χ3n) is 5.23. The predicted molar refractivity (Wildman–Crippen MR) is 116 cm³/mol. The van der Waals surface area contributed by atoms with Crippen LogP contribution in [0.1, 0.15) is 28.2 Å². The number of benzene rings is 3. The Morgan fingerprint density at radius 3 is 2.45 bits per heavy atom. The number of aryl methyl sites for hydroxylation is 1. The molecule has 0 saturated carbocycles. The molecular formula is C25H23NO5. The van der Waals surface area contributed by atoms with E-state index in [-0.39, 0.29) is 17.2 Å². The Hall–Kier alpha value is -3.93. The number of carbonyl (C=O) groups is 1. The van der Waals surface area contributed by atoms with Gasteiger partial charge in [-0.05, 0) is 36.2 Å². The molecule has 0 aromatic heterocycles. The summed E-state index contributed by atoms with van der Waals surface area (Å²) >= 11 is 0. The molecule has 1 heterocycles. The Balaban J connectivity index is 1.63. The van der Waals surface area contributed by atoms with E-state index in [1.165, 1.54) is 18.7 Å². The molecule has 3 aromatic rings. The maximum atomic E-state index is 12.5. The zero-order valence-electron chi connectivity index (χ0n) is 17.3. The van der Waals surface area contributed by atoms with Crippen molar-refractivity contribution in [2.75, 3.05) is 7.11 Å². The molecular weight excluding hydrogens is 394 g/mol. The van der Waals surface area contributed by atoms with Gasteiger partial charge in [0.15, 0.2) is 0 Å². The Labute approximate surface area is 180 Å². The van der Waals surface area contributed by atoms with Crippen molar-refractivity contribution in [1.82, 2.24) is 0 Å². The van der Waals surface area contributed by atoms with Crippen LogP contribution in [0.5, 0.6) is 17.2 Å². The summed E-state index contributed by atoms with van der Waals surface area (Å²) in [7, 11) is 1.30. The number of aromatic hydroxyl groups is 1. The second kappa shape index (κ2) is 8.44. The summed E-state index contributed by atoms with van der Waals surface area (Å²) in [5.41, 5.74) is 10.1. The lowest BCUT2D eigenvalue weighted by atomic mass is 9.83. The highest BCUT2D eigenvalue weighted by molar-refractivity contribution is 5.92. The van der Waals surface area contributed by atoms with Gasteiger partial charge in [0.05, 0.1) is 13.0 Å². The van der Waals surface area contributed by atoms with Gasteiger partial charge in [0.2, 0.25) is 5.88 Å². The fourth-order valence-corrected chi connectivity index (χ4v) is 3.60. The van der Waals surface area contributed by atoms with Crippen LogP contribution >= 0.6 is 0 Å². The number of hydrogen-bond donors (Lipinski definition) is 2. The van der Waals surface area contributed by atoms with E-state index in [1.54, 1.807) is 12.1 Å². The minimum Gasteiger partial charge on any atom is -0.508 e. The van der Waals surface area contributed by atoms with Crippen LogP contribution in [0.15, 0.2) is 78.2 Å². The van der Waals surface area contributed by atoms with E-state index in [9.17, 15) is 9.90 Å². The van der Waals surface area contributed by atoms with E-state index < -0.39 is 11.9 Å². The molecule has 0 spiro atoms. The molecule has 4 rings (SSSR count). The van der Waals surface area contributed by atoms with Gasteiger partial charge in [-0.3, -0.25) is 0 Å². The summed E-state index contributed by atoms with van der Waals surface area (Å²) in [6.07, 6.45) is 0. The van der Waals surface area contributed by atoms with Gasteiger partial charge in [0.25, 0.3) is 0 Å². The number of methoxy groups -OCH3 is 1. The number of esters is 1. The standard InChI is InChI=1S/C25H23NO5/c1-15-3-5-16(6-4-15)14-30-19-10-7-17(8-11-19)22-20-12-9-18(27)13-21(20)31-24(26)23(22)25(28)29-2/h3-13,22,27H,14,26H2,1-2H3/t22-/m0/s1. The Kier molecular flexibility index (Phi) is 5.54. The van der Waals surface area contributed by atoms with Crippen LogP contribution in [0.2, 0.25) is 0 Å². The first kappa shape index (κ1) is 20.3. The van der Waals surface area contributed by atoms with Crippen LogP contribution < -0.4 is 15.2 Å². The molecule has 1 aliphatic heterocycles. The summed E-state index contributed by atoms with van der Waals surface area (Å²) in [5, 5.41) is 9.81. The lowest BCUT2D eigenvalue weighted by molar-refractivity contribution is -0.136. The molecule has 158 valence electrons. The minimum absolute atomic E-state index is 0.0466. The molecule has 31 heavy (non-hydrogen) atoms. The van der Waals surface area contributed by atoms with Gasteiger partial charge in [-0.1, -0.05) is 48.0 Å². The Morgan fingerprint density at radius 1 is 1.06 bits per heavy atom. The lowest BCUT2D eigenvalue weighted by Gasteiger charge is -2.28. The van der Waals surface area contributed by atoms with Gasteiger partial charge < -0.3 is 25.1 Å². The second-order valence-corrected chi connectivity index (χ2v) is 7.37. The maximum absolute atomic E-state index is 12.5. The monoisotopic (exact) mass is 417 g/mol. The number of phenols is 1. The van der Waals surface area contributed by atoms with E-state index in [1.807, 2.05) is 55.5 Å². The second-order valence-electron chi connectivity index (χ2n) is 7.37. The molecule has 0 aliphatic carbocycles. The number of fused-ring (bicyclic) bond motifs is 1. The molecule has 0 saturated heterocycles. The molecule has 0 fully saturated rings. The highest BCUT2D eigenvalue weighted by atomic mass is 16.5. The summed E-state index contributed by atoms with van der Waals surface area (Å²) in [5.74, 6) is 0.0407. The molecule has 1 aliphatic rings. The largest absolute Gasteiger partial charge is 0.508 e. The van der Waals surface area contributed by atoms with Crippen molar-refractivity contribution in [3.05, 3.63) is 100 Å². The van der Waals surface area contributed by atoms with Gasteiger partial charge >= 0.3 is 5.97 Å². The lowest BCUT2D eigenvalue weighted by Crippen LogP contribution is -2.26. The number of hydrogen-bond acceptors (Lipinski definition) is 6. The van der Waals surface area contributed by atoms with Gasteiger partial charge in [-0.2, -0.15) is 0 Å². The first-order valence-corrected chi connectivity index (χ1v) is 9.83. The number of nitrogens with two attached hydrogens (primary N) is 1. The van der Waals surface area contributed by atoms with Gasteiger partial charge in [0.1, 0.15) is 29.4 Å². The Bertz CT molecular complexity index is 1130. The van der Waals surface area contributed by atoms with Crippen molar-refractivity contribution in [1.29, 1.82) is 0 Å². The van der Waals surface area contributed by atoms with Crippen molar-refractivity contribution in [3.63, 3.8) is 0 Å². The molecule has 1 atom stereocenters. The fraction of sp³-hybridized carbons (Fsp3) is 0.160. The first-order chi connectivity index (χ1) is 15.0. The summed E-state index contributed by atoms with van der Waals surface area (Å²) in [6.45, 7) is 2.50. The molecule has 6 heteroatoms. The topological polar surface area (TPSA) is 91.0 Å². The highest BCUT2D eigenvalue weighted by Crippen LogP contribution is 2.44. The van der Waals surface area contributed by atoms with Crippen molar-refractivity contribution >= 4 is 5.97 Å². The molecule has 3 aromatic carbocycles. The smallest absolute Gasteiger partial charge is 0.340 e. The number of ether oxygens (including phenoxy) is 3. The van der Waals surface area contributed by atoms with E-state index in [4.69, 9.17) is 19.9 Å². The van der Waals surface area contributed by atoms with Crippen molar-refractivity contribution in [2.45, 2.75) is 19.4 Å². The van der Waals surface area contributed by atoms with Gasteiger partial charge in [0, 0.05) is 11.6 Å². The fourth-order valence-electron chi connectivity index (χ4n) is 3.60. The number of phenolic OH excluding ortho intramolecular Hbond substituents is 1. The normalized spacial score (nSPS) is 15.1. The van der Waals surface area contributed by atoms with E-state index in [0.29, 0.717) is 23.7 Å². The number of carbonyl (C=O) groups excluding carboxylic acids is 1. The average Bonchev–Trinajstić information content (AvgIpc) is 2.77. The van der Waals surface area contributed by atoms with Crippen molar-refractivity contribution in [2.24, 2.45) is 5.73 Å². The highest BCUT2D eigenvalue weighted by Gasteiger charge is 2.35. The molecule has 6 nitrogen and oxygen atoms in total. The quantitative estimate of drug-likeness (QED) is 0.606. The zero-order valence-corrected chi connectivity index (χ0v) is 17.3. The van der Waals surface area contributed by atoms with E-state index in [2.05, 4.69) is 0 Å². The molecule has 0 amide bonds. The van der Waals surface area contributed by atoms with Gasteiger partial charge in [-0.15, -0.1) is 0 Å². The van der Waals surface area contributed by atoms with Crippen LogP contribution in [0.3, 0.4) is 0 Å². The molecule has 0 bridgehead atoms. The maximum Gasteiger partial charge on any atom is 0.340 e. The first-order valence-electron chi connectivity index (χ1n) is 9.83. The van der Waals surface area contributed by atoms with E-state index in [0.717, 1.165) is 11.1 Å². The molecule has 0 unspecified atom stereocenters. The van der Waals surface area contributed by atoms with E-state index >= 15 is 0 Å². The SMILES string of the molecule is COC(=O)C1=C(N)Oc2cc(O)ccc2[C@@H]1c1ccc(OCc2ccc(C)cc2)cc1. The molecule has 3 N–H and O–H groups in total. The van der Waals surface area contributed by atoms with Crippen molar-refractivity contribution < 1.29 is 24.1 Å². The summed E-state index contributed by atoms with van der Waals surface area (Å²) in [6, 6.07) is 20.4. The zero-order chi connectivity index (χ0) is 22.0.